The molecule has 2 N–H and O–H groups in total. The molecule has 0 spiro atoms. The molecule has 0 radical (unpaired) electrons. The van der Waals surface area contributed by atoms with E-state index in [0.717, 1.165) is 0 Å². The van der Waals surface area contributed by atoms with Crippen molar-refractivity contribution in [1.29, 1.82) is 0 Å². The molecular weight excluding hydrogens is 222 g/mol. The fraction of sp³-hybridized carbons (Fsp3) is 0.417. The van der Waals surface area contributed by atoms with E-state index in [9.17, 15) is 4.79 Å². The zero-order chi connectivity index (χ0) is 12.0. The molecule has 0 aromatic carbocycles. The molecule has 0 amide bonds. The predicted octanol–water partition coefficient (Wildman–Crippen LogP) is 2.68. The summed E-state index contributed by atoms with van der Waals surface area (Å²) in [5.74, 6) is -0.420. The minimum absolute atomic E-state index is 0.290. The Morgan fingerprint density at radius 2 is 2.38 bits per heavy atom. The maximum absolute atomic E-state index is 10.3. The summed E-state index contributed by atoms with van der Waals surface area (Å²) in [6, 6.07) is 4.42. The van der Waals surface area contributed by atoms with E-state index >= 15 is 0 Å². The Labute approximate surface area is 99.8 Å². The third kappa shape index (κ3) is 4.16. The quantitative estimate of drug-likeness (QED) is 0.750. The number of rotatable bonds is 6. The van der Waals surface area contributed by atoms with Crippen LogP contribution in [0.15, 0.2) is 29.7 Å². The lowest BCUT2D eigenvalue weighted by molar-refractivity contribution is -0.131. The first kappa shape index (κ1) is 12.9. The zero-order valence-electron chi connectivity index (χ0n) is 9.51. The molecule has 0 bridgehead atoms. The van der Waals surface area contributed by atoms with Crippen molar-refractivity contribution in [3.05, 3.63) is 34.5 Å². The normalized spacial score (nSPS) is 13.4. The van der Waals surface area contributed by atoms with Crippen molar-refractivity contribution in [3.63, 3.8) is 0 Å². The topological polar surface area (TPSA) is 49.3 Å². The van der Waals surface area contributed by atoms with Gasteiger partial charge in [-0.15, -0.1) is 11.3 Å². The third-order valence-corrected chi connectivity index (χ3v) is 3.19. The smallest absolute Gasteiger partial charge is 0.328 e. The minimum Gasteiger partial charge on any atom is -0.478 e. The van der Waals surface area contributed by atoms with Gasteiger partial charge in [0.25, 0.3) is 0 Å². The van der Waals surface area contributed by atoms with Crippen LogP contribution in [0, 0.1) is 5.92 Å². The summed E-state index contributed by atoms with van der Waals surface area (Å²) in [4.78, 5) is 11.6. The second-order valence-electron chi connectivity index (χ2n) is 3.89. The van der Waals surface area contributed by atoms with Crippen molar-refractivity contribution >= 4 is 17.3 Å². The van der Waals surface area contributed by atoms with Crippen molar-refractivity contribution in [3.8, 4) is 0 Å². The van der Waals surface area contributed by atoms with Gasteiger partial charge in [0.15, 0.2) is 0 Å². The minimum atomic E-state index is -0.904. The molecule has 0 saturated heterocycles. The van der Waals surface area contributed by atoms with Crippen LogP contribution in [0.4, 0.5) is 0 Å². The van der Waals surface area contributed by atoms with Crippen molar-refractivity contribution in [2.75, 3.05) is 6.54 Å². The summed E-state index contributed by atoms with van der Waals surface area (Å²) in [6.07, 6.45) is 2.80. The Hall–Kier alpha value is -1.13. The van der Waals surface area contributed by atoms with Gasteiger partial charge >= 0.3 is 5.97 Å². The maximum atomic E-state index is 10.3. The molecule has 1 heterocycles. The SMILES string of the molecule is CC(C)C(NC/C=C/C(=O)O)c1cccs1. The lowest BCUT2D eigenvalue weighted by atomic mass is 10.0. The largest absolute Gasteiger partial charge is 0.478 e. The first-order valence-corrected chi connectivity index (χ1v) is 6.15. The van der Waals surface area contributed by atoms with Crippen molar-refractivity contribution in [1.82, 2.24) is 5.32 Å². The maximum Gasteiger partial charge on any atom is 0.328 e. The lowest BCUT2D eigenvalue weighted by Gasteiger charge is -2.20. The molecule has 1 rings (SSSR count). The Bertz CT molecular complexity index is 344. The number of hydrogen-bond acceptors (Lipinski definition) is 3. The van der Waals surface area contributed by atoms with Crippen LogP contribution < -0.4 is 5.32 Å². The van der Waals surface area contributed by atoms with Gasteiger partial charge in [-0.1, -0.05) is 26.0 Å². The summed E-state index contributed by atoms with van der Waals surface area (Å²) >= 11 is 1.72. The highest BCUT2D eigenvalue weighted by Crippen LogP contribution is 2.25. The van der Waals surface area contributed by atoms with E-state index < -0.39 is 5.97 Å². The second-order valence-corrected chi connectivity index (χ2v) is 4.87. The first-order chi connectivity index (χ1) is 7.61. The highest BCUT2D eigenvalue weighted by Gasteiger charge is 2.14. The molecule has 16 heavy (non-hydrogen) atoms. The van der Waals surface area contributed by atoms with E-state index in [4.69, 9.17) is 5.11 Å². The molecular formula is C12H17NO2S. The molecule has 0 fully saturated rings. The van der Waals surface area contributed by atoms with Crippen LogP contribution >= 0.6 is 11.3 Å². The van der Waals surface area contributed by atoms with Crippen LogP contribution in [-0.2, 0) is 4.79 Å². The van der Waals surface area contributed by atoms with Crippen LogP contribution in [0.2, 0.25) is 0 Å². The van der Waals surface area contributed by atoms with Gasteiger partial charge in [0.1, 0.15) is 0 Å². The van der Waals surface area contributed by atoms with Gasteiger partial charge in [0, 0.05) is 23.5 Å². The number of aliphatic carboxylic acids is 1. The summed E-state index contributed by atoms with van der Waals surface area (Å²) in [5.41, 5.74) is 0. The van der Waals surface area contributed by atoms with Crippen LogP contribution in [0.3, 0.4) is 0 Å². The fourth-order valence-corrected chi connectivity index (χ4v) is 2.46. The molecule has 1 aromatic rings. The van der Waals surface area contributed by atoms with E-state index in [0.29, 0.717) is 18.5 Å². The predicted molar refractivity (Wildman–Crippen MR) is 66.7 cm³/mol. The monoisotopic (exact) mass is 239 g/mol. The lowest BCUT2D eigenvalue weighted by Crippen LogP contribution is -2.25. The van der Waals surface area contributed by atoms with Crippen molar-refractivity contribution < 1.29 is 9.90 Å². The van der Waals surface area contributed by atoms with Gasteiger partial charge in [-0.2, -0.15) is 0 Å². The Morgan fingerprint density at radius 1 is 1.62 bits per heavy atom. The van der Waals surface area contributed by atoms with Gasteiger partial charge < -0.3 is 10.4 Å². The summed E-state index contributed by atoms with van der Waals surface area (Å²) in [6.45, 7) is 4.88. The zero-order valence-corrected chi connectivity index (χ0v) is 10.3. The van der Waals surface area contributed by atoms with E-state index in [-0.39, 0.29) is 0 Å². The van der Waals surface area contributed by atoms with Crippen LogP contribution in [-0.4, -0.2) is 17.6 Å². The number of carboxylic acid groups (broad SMARTS) is 1. The number of carbonyl (C=O) groups is 1. The number of thiophene rings is 1. The average Bonchev–Trinajstić information content (AvgIpc) is 2.69. The fourth-order valence-electron chi connectivity index (χ4n) is 1.49. The summed E-state index contributed by atoms with van der Waals surface area (Å²) in [5, 5.41) is 13.9. The molecule has 1 atom stereocenters. The molecule has 88 valence electrons. The summed E-state index contributed by atoms with van der Waals surface area (Å²) in [7, 11) is 0. The van der Waals surface area contributed by atoms with Crippen molar-refractivity contribution in [2.45, 2.75) is 19.9 Å². The van der Waals surface area contributed by atoms with E-state index in [2.05, 4.69) is 30.6 Å². The van der Waals surface area contributed by atoms with Gasteiger partial charge in [-0.3, -0.25) is 0 Å². The van der Waals surface area contributed by atoms with E-state index in [1.807, 2.05) is 6.07 Å². The molecule has 0 aliphatic rings. The van der Waals surface area contributed by atoms with Crippen molar-refractivity contribution in [2.24, 2.45) is 5.92 Å². The Balaban J connectivity index is 2.50. The second kappa shape index (κ2) is 6.45. The van der Waals surface area contributed by atoms with Crippen LogP contribution in [0.5, 0.6) is 0 Å². The van der Waals surface area contributed by atoms with Gasteiger partial charge in [0.2, 0.25) is 0 Å². The van der Waals surface area contributed by atoms with Gasteiger partial charge in [-0.05, 0) is 17.4 Å². The highest BCUT2D eigenvalue weighted by molar-refractivity contribution is 7.10. The third-order valence-electron chi connectivity index (χ3n) is 2.23. The molecule has 4 heteroatoms. The molecule has 1 aromatic heterocycles. The standard InChI is InChI=1S/C12H17NO2S/c1-9(2)12(10-5-4-8-16-10)13-7-3-6-11(14)15/h3-6,8-9,12-13H,7H2,1-2H3,(H,14,15)/b6-3+. The molecule has 0 aliphatic carbocycles. The van der Waals surface area contributed by atoms with Crippen LogP contribution in [0.1, 0.15) is 24.8 Å². The van der Waals surface area contributed by atoms with E-state index in [1.54, 1.807) is 17.4 Å². The Morgan fingerprint density at radius 3 is 2.88 bits per heavy atom. The van der Waals surface area contributed by atoms with E-state index in [1.165, 1.54) is 11.0 Å². The molecule has 3 nitrogen and oxygen atoms in total. The molecule has 0 aliphatic heterocycles. The Kier molecular flexibility index (Phi) is 5.22. The van der Waals surface area contributed by atoms with Gasteiger partial charge in [0.05, 0.1) is 0 Å². The average molecular weight is 239 g/mol. The summed E-state index contributed by atoms with van der Waals surface area (Å²) < 4.78 is 0. The van der Waals surface area contributed by atoms with Crippen LogP contribution in [0.25, 0.3) is 0 Å². The highest BCUT2D eigenvalue weighted by atomic mass is 32.1. The first-order valence-electron chi connectivity index (χ1n) is 5.27. The van der Waals surface area contributed by atoms with Gasteiger partial charge in [-0.25, -0.2) is 4.79 Å². The number of nitrogens with one attached hydrogen (secondary N) is 1. The molecule has 0 saturated carbocycles. The number of carboxylic acids is 1. The molecule has 1 unspecified atom stereocenters. The number of hydrogen-bond donors (Lipinski definition) is 2.